The molecule has 2 unspecified atom stereocenters. The number of amides is 6. The summed E-state index contributed by atoms with van der Waals surface area (Å²) in [7, 11) is 2.60. The maximum atomic E-state index is 13.5. The van der Waals surface area contributed by atoms with E-state index >= 15 is 0 Å². The van der Waals surface area contributed by atoms with Gasteiger partial charge in [0.25, 0.3) is 23.6 Å². The molecule has 8 N–H and O–H groups in total. The van der Waals surface area contributed by atoms with Gasteiger partial charge in [0.15, 0.2) is 17.6 Å². The Hall–Kier alpha value is -8.12. The first-order chi connectivity index (χ1) is 29.3. The second-order valence-corrected chi connectivity index (χ2v) is 13.1. The van der Waals surface area contributed by atoms with Crippen LogP contribution in [0.5, 0.6) is 17.2 Å². The van der Waals surface area contributed by atoms with Gasteiger partial charge in [-0.1, -0.05) is 6.07 Å². The fourth-order valence-electron chi connectivity index (χ4n) is 5.86. The van der Waals surface area contributed by atoms with Crippen LogP contribution >= 0.6 is 0 Å². The van der Waals surface area contributed by atoms with E-state index in [1.54, 1.807) is 25.1 Å². The number of aryl methyl sites for hydroxylation is 1. The van der Waals surface area contributed by atoms with Gasteiger partial charge in [0, 0.05) is 35.2 Å². The van der Waals surface area contributed by atoms with Crippen LogP contribution in [0.4, 0.5) is 28.4 Å². The predicted octanol–water partition coefficient (Wildman–Crippen LogP) is 5.50. The van der Waals surface area contributed by atoms with Crippen molar-refractivity contribution >= 4 is 63.9 Å². The van der Waals surface area contributed by atoms with Gasteiger partial charge in [-0.2, -0.15) is 0 Å². The Labute approximate surface area is 348 Å². The molecule has 0 aliphatic heterocycles. The summed E-state index contributed by atoms with van der Waals surface area (Å²) >= 11 is 0. The Bertz CT molecular complexity index is 2460. The number of rotatable bonds is 17. The Morgan fingerprint density at radius 2 is 1.23 bits per heavy atom. The number of nitrogens with two attached hydrogens (primary N) is 1. The first-order valence-electron chi connectivity index (χ1n) is 18.4. The summed E-state index contributed by atoms with van der Waals surface area (Å²) in [5.41, 5.74) is 7.87. The monoisotopic (exact) mass is 831 g/mol. The molecule has 0 saturated carbocycles. The third-order valence-corrected chi connectivity index (χ3v) is 8.98. The fraction of sp³-hybridized carbons (Fsp3) is 0.163. The van der Waals surface area contributed by atoms with E-state index in [4.69, 9.17) is 19.9 Å². The molecule has 61 heavy (non-hydrogen) atoms. The Balaban J connectivity index is 1.25. The lowest BCUT2D eigenvalue weighted by Gasteiger charge is -2.24. The molecule has 314 valence electrons. The summed E-state index contributed by atoms with van der Waals surface area (Å²) in [6.07, 6.45) is -1.59. The van der Waals surface area contributed by atoms with Crippen LogP contribution in [-0.4, -0.2) is 73.5 Å². The van der Waals surface area contributed by atoms with E-state index in [9.17, 15) is 38.8 Å². The molecule has 2 atom stereocenters. The molecule has 0 aromatic heterocycles. The van der Waals surface area contributed by atoms with Gasteiger partial charge in [-0.25, -0.2) is 0 Å². The number of methoxy groups -OCH3 is 2. The maximum absolute atomic E-state index is 13.5. The van der Waals surface area contributed by atoms with Crippen molar-refractivity contribution in [3.63, 3.8) is 0 Å². The minimum absolute atomic E-state index is 0.0635. The summed E-state index contributed by atoms with van der Waals surface area (Å²) in [5, 5.41) is 26.9. The van der Waals surface area contributed by atoms with E-state index in [0.717, 1.165) is 12.7 Å². The third kappa shape index (κ3) is 10.9. The number of nitroso groups, excluding NO2 is 1. The van der Waals surface area contributed by atoms with Crippen LogP contribution in [-0.2, 0) is 14.3 Å². The first-order valence-corrected chi connectivity index (χ1v) is 18.4. The van der Waals surface area contributed by atoms with E-state index in [0.29, 0.717) is 17.1 Å². The summed E-state index contributed by atoms with van der Waals surface area (Å²) in [5.74, 6) is -4.67. The SMILES string of the molecule is CCOc1c(NC(=O)c2ccc(NC(=O)C(NC(=O)c3ccc(NC(=O)c4ccc(N=O)cc4)cc3)C(OC)C(N)=O)cc2)ccc(C(=O)Nc2ccc(C)cc2OC)c1O. The number of primary amides is 1. The van der Waals surface area contributed by atoms with Gasteiger partial charge in [-0.15, -0.1) is 4.91 Å². The molecule has 0 radical (unpaired) electrons. The number of hydrogen-bond acceptors (Lipinski definition) is 12. The third-order valence-electron chi connectivity index (χ3n) is 8.98. The maximum Gasteiger partial charge on any atom is 0.259 e. The minimum atomic E-state index is -1.62. The fourth-order valence-corrected chi connectivity index (χ4v) is 5.86. The van der Waals surface area contributed by atoms with E-state index in [2.05, 4.69) is 31.8 Å². The number of ether oxygens (including phenoxy) is 3. The molecule has 6 amide bonds. The number of phenolic OH excluding ortho intramolecular Hbond substituents is 1. The van der Waals surface area contributed by atoms with Crippen molar-refractivity contribution in [1.82, 2.24) is 5.32 Å². The number of phenols is 1. The number of carbonyl (C=O) groups is 6. The van der Waals surface area contributed by atoms with Crippen molar-refractivity contribution in [2.45, 2.75) is 26.0 Å². The van der Waals surface area contributed by atoms with Crippen molar-refractivity contribution in [2.75, 3.05) is 42.1 Å². The van der Waals surface area contributed by atoms with Crippen LogP contribution in [0.1, 0.15) is 53.9 Å². The average Bonchev–Trinajstić information content (AvgIpc) is 3.25. The van der Waals surface area contributed by atoms with E-state index in [1.165, 1.54) is 92.0 Å². The van der Waals surface area contributed by atoms with E-state index in [1.807, 2.05) is 6.92 Å². The van der Waals surface area contributed by atoms with Crippen LogP contribution in [0.25, 0.3) is 0 Å². The second kappa shape index (κ2) is 20.0. The van der Waals surface area contributed by atoms with Crippen LogP contribution < -0.4 is 41.8 Å². The number of nitrogens with zero attached hydrogens (tertiary/aromatic N) is 1. The zero-order valence-corrected chi connectivity index (χ0v) is 33.2. The van der Waals surface area contributed by atoms with Crippen molar-refractivity contribution in [1.29, 1.82) is 0 Å². The van der Waals surface area contributed by atoms with Gasteiger partial charge in [-0.05, 0) is 122 Å². The molecule has 18 nitrogen and oxygen atoms in total. The molecular weight excluding hydrogens is 791 g/mol. The molecule has 5 aromatic rings. The summed E-state index contributed by atoms with van der Waals surface area (Å²) in [4.78, 5) is 88.8. The molecule has 0 fully saturated rings. The molecule has 0 aliphatic rings. The number of nitrogens with one attached hydrogen (secondary N) is 5. The quantitative estimate of drug-likeness (QED) is 0.0575. The Morgan fingerprint density at radius 3 is 1.79 bits per heavy atom. The van der Waals surface area contributed by atoms with Crippen LogP contribution in [0, 0.1) is 11.8 Å². The average molecular weight is 832 g/mol. The van der Waals surface area contributed by atoms with Gasteiger partial charge in [0.1, 0.15) is 17.5 Å². The molecule has 0 spiro atoms. The highest BCUT2D eigenvalue weighted by Crippen LogP contribution is 2.39. The van der Waals surface area contributed by atoms with Crippen LogP contribution in [0.2, 0.25) is 0 Å². The van der Waals surface area contributed by atoms with Crippen LogP contribution in [0.3, 0.4) is 0 Å². The summed E-state index contributed by atoms with van der Waals surface area (Å²) in [6, 6.07) is 23.2. The van der Waals surface area contributed by atoms with Crippen molar-refractivity contribution in [2.24, 2.45) is 10.9 Å². The standard InChI is InChI=1S/C43H41N7O11/c1-5-61-36-32(21-19-30(35(36)51)42(56)47-31-20-6-23(2)22-33(31)59-3)48-40(54)25-7-15-28(16-8-25)46-43(57)34(37(60-4)38(44)52)49-41(55)26-9-13-27(14-10-26)45-39(53)24-11-17-29(50-58)18-12-24/h6-22,34,37,51H,5H2,1-4H3,(H2,44,52)(H,45,53)(H,46,57)(H,47,56)(H,48,54)(H,49,55). The molecule has 5 aromatic carbocycles. The predicted molar refractivity (Wildman–Crippen MR) is 226 cm³/mol. The van der Waals surface area contributed by atoms with Gasteiger partial charge in [-0.3, -0.25) is 28.8 Å². The second-order valence-electron chi connectivity index (χ2n) is 13.1. The lowest BCUT2D eigenvalue weighted by molar-refractivity contribution is -0.134. The number of hydrogen-bond donors (Lipinski definition) is 7. The van der Waals surface area contributed by atoms with Crippen LogP contribution in [0.15, 0.2) is 108 Å². The molecule has 0 heterocycles. The summed E-state index contributed by atoms with van der Waals surface area (Å²) in [6.45, 7) is 3.62. The molecule has 18 heteroatoms. The molecule has 0 aliphatic carbocycles. The molecular formula is C43H41N7O11. The lowest BCUT2D eigenvalue weighted by atomic mass is 10.1. The van der Waals surface area contributed by atoms with E-state index in [-0.39, 0.29) is 51.7 Å². The highest BCUT2D eigenvalue weighted by atomic mass is 16.5. The number of aromatic hydroxyl groups is 1. The topological polar surface area (TPSA) is 266 Å². The zero-order chi connectivity index (χ0) is 44.2. The normalized spacial score (nSPS) is 11.5. The minimum Gasteiger partial charge on any atom is -0.504 e. The number of benzene rings is 5. The lowest BCUT2D eigenvalue weighted by Crippen LogP contribution is -2.56. The van der Waals surface area contributed by atoms with Crippen molar-refractivity contribution in [3.05, 3.63) is 136 Å². The largest absolute Gasteiger partial charge is 0.504 e. The Morgan fingerprint density at radius 1 is 0.689 bits per heavy atom. The van der Waals surface area contributed by atoms with Gasteiger partial charge >= 0.3 is 0 Å². The summed E-state index contributed by atoms with van der Waals surface area (Å²) < 4.78 is 16.1. The molecule has 0 saturated heterocycles. The zero-order valence-electron chi connectivity index (χ0n) is 33.2. The smallest absolute Gasteiger partial charge is 0.259 e. The first kappa shape index (κ1) is 44.0. The van der Waals surface area contributed by atoms with Crippen molar-refractivity contribution < 1.29 is 48.1 Å². The van der Waals surface area contributed by atoms with E-state index < -0.39 is 53.3 Å². The van der Waals surface area contributed by atoms with Crippen molar-refractivity contribution in [3.8, 4) is 17.2 Å². The number of carbonyl (C=O) groups excluding carboxylic acids is 6. The van der Waals surface area contributed by atoms with Gasteiger partial charge < -0.3 is 51.6 Å². The Kier molecular flexibility index (Phi) is 14.4. The van der Waals surface area contributed by atoms with Gasteiger partial charge in [0.05, 0.1) is 30.7 Å². The number of anilines is 4. The highest BCUT2D eigenvalue weighted by molar-refractivity contribution is 6.10. The molecule has 5 rings (SSSR count). The highest BCUT2D eigenvalue weighted by Gasteiger charge is 2.34. The van der Waals surface area contributed by atoms with Gasteiger partial charge in [0.2, 0.25) is 11.8 Å². The molecule has 0 bridgehead atoms.